The summed E-state index contributed by atoms with van der Waals surface area (Å²) in [4.78, 5) is 23.8. The second kappa shape index (κ2) is 8.50. The lowest BCUT2D eigenvalue weighted by atomic mass is 10.1. The molecule has 0 saturated carbocycles. The molecule has 0 bridgehead atoms. The van der Waals surface area contributed by atoms with Crippen LogP contribution < -0.4 is 10.9 Å². The SMILES string of the molecule is Cc1ccc(C(=O)NNC(=O)CSc2nnc(-c3cccc(C)c3)o2)cc1. The number of carbonyl (C=O) groups is 2. The van der Waals surface area contributed by atoms with Gasteiger partial charge < -0.3 is 4.42 Å². The number of carbonyl (C=O) groups excluding carboxylic acids is 2. The molecular formula is C19H18N4O3S. The van der Waals surface area contributed by atoms with Gasteiger partial charge in [0.2, 0.25) is 11.8 Å². The third-order valence-electron chi connectivity index (χ3n) is 3.63. The fourth-order valence-electron chi connectivity index (χ4n) is 2.23. The summed E-state index contributed by atoms with van der Waals surface area (Å²) in [6.07, 6.45) is 0. The Morgan fingerprint density at radius 3 is 2.52 bits per heavy atom. The van der Waals surface area contributed by atoms with Crippen LogP contribution in [0.1, 0.15) is 21.5 Å². The molecule has 0 aliphatic rings. The van der Waals surface area contributed by atoms with Crippen LogP contribution >= 0.6 is 11.8 Å². The fraction of sp³-hybridized carbons (Fsp3) is 0.158. The number of aryl methyl sites for hydroxylation is 2. The molecule has 2 aromatic carbocycles. The second-order valence-corrected chi connectivity index (χ2v) is 6.83. The number of amides is 2. The van der Waals surface area contributed by atoms with Gasteiger partial charge in [0.1, 0.15) is 0 Å². The van der Waals surface area contributed by atoms with Crippen LogP contribution in [0, 0.1) is 13.8 Å². The van der Waals surface area contributed by atoms with E-state index in [9.17, 15) is 9.59 Å². The summed E-state index contributed by atoms with van der Waals surface area (Å²) in [5.74, 6) is -0.332. The van der Waals surface area contributed by atoms with Crippen molar-refractivity contribution in [3.8, 4) is 11.5 Å². The molecule has 1 heterocycles. The Kier molecular flexibility index (Phi) is 5.87. The third kappa shape index (κ3) is 5.18. The van der Waals surface area contributed by atoms with Gasteiger partial charge in [-0.1, -0.05) is 47.2 Å². The predicted octanol–water partition coefficient (Wildman–Crippen LogP) is 2.91. The van der Waals surface area contributed by atoms with E-state index in [1.54, 1.807) is 12.1 Å². The number of hydrazine groups is 1. The van der Waals surface area contributed by atoms with Crippen molar-refractivity contribution < 1.29 is 14.0 Å². The van der Waals surface area contributed by atoms with Crippen LogP contribution in [0.15, 0.2) is 58.2 Å². The van der Waals surface area contributed by atoms with Crippen molar-refractivity contribution in [2.75, 3.05) is 5.75 Å². The average molecular weight is 382 g/mol. The van der Waals surface area contributed by atoms with Crippen LogP contribution in [0.2, 0.25) is 0 Å². The van der Waals surface area contributed by atoms with Crippen molar-refractivity contribution in [3.05, 3.63) is 65.2 Å². The molecule has 0 unspecified atom stereocenters. The zero-order valence-electron chi connectivity index (χ0n) is 14.9. The van der Waals surface area contributed by atoms with E-state index >= 15 is 0 Å². The Bertz CT molecular complexity index is 954. The summed E-state index contributed by atoms with van der Waals surface area (Å²) >= 11 is 1.09. The molecule has 2 amide bonds. The van der Waals surface area contributed by atoms with Crippen molar-refractivity contribution in [2.45, 2.75) is 19.1 Å². The van der Waals surface area contributed by atoms with Gasteiger partial charge in [0.25, 0.3) is 11.1 Å². The van der Waals surface area contributed by atoms with Gasteiger partial charge in [-0.2, -0.15) is 0 Å². The molecule has 8 heteroatoms. The summed E-state index contributed by atoms with van der Waals surface area (Å²) in [5, 5.41) is 8.20. The largest absolute Gasteiger partial charge is 0.411 e. The van der Waals surface area contributed by atoms with Crippen LogP contribution in [0.4, 0.5) is 0 Å². The van der Waals surface area contributed by atoms with Gasteiger partial charge in [0, 0.05) is 11.1 Å². The minimum Gasteiger partial charge on any atom is -0.411 e. The lowest BCUT2D eigenvalue weighted by molar-refractivity contribution is -0.119. The molecule has 3 rings (SSSR count). The van der Waals surface area contributed by atoms with Gasteiger partial charge >= 0.3 is 0 Å². The van der Waals surface area contributed by atoms with E-state index in [2.05, 4.69) is 21.0 Å². The highest BCUT2D eigenvalue weighted by Gasteiger charge is 2.12. The topological polar surface area (TPSA) is 97.1 Å². The number of nitrogens with one attached hydrogen (secondary N) is 2. The first-order valence-electron chi connectivity index (χ1n) is 8.20. The first kappa shape index (κ1) is 18.7. The zero-order chi connectivity index (χ0) is 19.2. The molecule has 0 radical (unpaired) electrons. The molecular weight excluding hydrogens is 364 g/mol. The van der Waals surface area contributed by atoms with Crippen LogP contribution in [-0.4, -0.2) is 27.8 Å². The number of hydrogen-bond donors (Lipinski definition) is 2. The van der Waals surface area contributed by atoms with E-state index in [4.69, 9.17) is 4.42 Å². The van der Waals surface area contributed by atoms with Gasteiger partial charge in [-0.05, 0) is 38.1 Å². The Balaban J connectivity index is 1.48. The van der Waals surface area contributed by atoms with E-state index in [-0.39, 0.29) is 22.8 Å². The van der Waals surface area contributed by atoms with E-state index in [1.807, 2.05) is 50.2 Å². The quantitative estimate of drug-likeness (QED) is 0.520. The highest BCUT2D eigenvalue weighted by Crippen LogP contribution is 2.23. The Hall–Kier alpha value is -3.13. The Labute approximate surface area is 160 Å². The van der Waals surface area contributed by atoms with Gasteiger partial charge in [0.15, 0.2) is 0 Å². The molecule has 138 valence electrons. The van der Waals surface area contributed by atoms with E-state index in [0.29, 0.717) is 11.5 Å². The van der Waals surface area contributed by atoms with Crippen molar-refractivity contribution >= 4 is 23.6 Å². The Morgan fingerprint density at radius 2 is 1.78 bits per heavy atom. The normalized spacial score (nSPS) is 10.4. The fourth-order valence-corrected chi connectivity index (χ4v) is 2.79. The molecule has 0 fully saturated rings. The highest BCUT2D eigenvalue weighted by atomic mass is 32.2. The van der Waals surface area contributed by atoms with E-state index < -0.39 is 0 Å². The Morgan fingerprint density at radius 1 is 1.00 bits per heavy atom. The zero-order valence-corrected chi connectivity index (χ0v) is 15.7. The first-order chi connectivity index (χ1) is 13.0. The lowest BCUT2D eigenvalue weighted by Crippen LogP contribution is -2.42. The van der Waals surface area contributed by atoms with Crippen LogP contribution in [-0.2, 0) is 4.79 Å². The summed E-state index contributed by atoms with van der Waals surface area (Å²) in [6, 6.07) is 14.7. The maximum atomic E-state index is 11.9. The number of thioether (sulfide) groups is 1. The third-order valence-corrected chi connectivity index (χ3v) is 4.45. The monoisotopic (exact) mass is 382 g/mol. The molecule has 2 N–H and O–H groups in total. The molecule has 0 saturated heterocycles. The minimum absolute atomic E-state index is 0.0314. The molecule has 0 atom stereocenters. The van der Waals surface area contributed by atoms with Crippen molar-refractivity contribution in [1.82, 2.24) is 21.0 Å². The average Bonchev–Trinajstić information content (AvgIpc) is 3.14. The lowest BCUT2D eigenvalue weighted by Gasteiger charge is -2.06. The smallest absolute Gasteiger partial charge is 0.277 e. The molecule has 0 aliphatic carbocycles. The summed E-state index contributed by atoms with van der Waals surface area (Å²) in [6.45, 7) is 3.91. The number of benzene rings is 2. The number of rotatable bonds is 5. The van der Waals surface area contributed by atoms with Gasteiger partial charge in [-0.25, -0.2) is 0 Å². The summed E-state index contributed by atoms with van der Waals surface area (Å²) in [5.41, 5.74) is 8.16. The number of hydrogen-bond acceptors (Lipinski definition) is 6. The van der Waals surface area contributed by atoms with Gasteiger partial charge in [-0.15, -0.1) is 10.2 Å². The van der Waals surface area contributed by atoms with Crippen molar-refractivity contribution in [3.63, 3.8) is 0 Å². The van der Waals surface area contributed by atoms with Crippen LogP contribution in [0.25, 0.3) is 11.5 Å². The van der Waals surface area contributed by atoms with E-state index in [0.717, 1.165) is 28.5 Å². The van der Waals surface area contributed by atoms with Crippen molar-refractivity contribution in [2.24, 2.45) is 0 Å². The molecule has 27 heavy (non-hydrogen) atoms. The van der Waals surface area contributed by atoms with Crippen molar-refractivity contribution in [1.29, 1.82) is 0 Å². The first-order valence-corrected chi connectivity index (χ1v) is 9.19. The predicted molar refractivity (Wildman–Crippen MR) is 102 cm³/mol. The minimum atomic E-state index is -0.382. The second-order valence-electron chi connectivity index (χ2n) is 5.90. The van der Waals surface area contributed by atoms with Gasteiger partial charge in [-0.3, -0.25) is 20.4 Å². The molecule has 1 aromatic heterocycles. The van der Waals surface area contributed by atoms with Crippen LogP contribution in [0.3, 0.4) is 0 Å². The maximum Gasteiger partial charge on any atom is 0.277 e. The number of aromatic nitrogens is 2. The maximum absolute atomic E-state index is 11.9. The molecule has 7 nitrogen and oxygen atoms in total. The number of nitrogens with zero attached hydrogens (tertiary/aromatic N) is 2. The molecule has 3 aromatic rings. The van der Waals surface area contributed by atoms with Gasteiger partial charge in [0.05, 0.1) is 5.75 Å². The van der Waals surface area contributed by atoms with Crippen LogP contribution in [0.5, 0.6) is 0 Å². The molecule has 0 aliphatic heterocycles. The highest BCUT2D eigenvalue weighted by molar-refractivity contribution is 7.99. The standard InChI is InChI=1S/C19H18N4O3S/c1-12-6-8-14(9-7-12)17(25)21-20-16(24)11-27-19-23-22-18(26-19)15-5-3-4-13(2)10-15/h3-10H,11H2,1-2H3,(H,20,24)(H,21,25). The summed E-state index contributed by atoms with van der Waals surface area (Å²) in [7, 11) is 0. The van der Waals surface area contributed by atoms with E-state index in [1.165, 1.54) is 0 Å². The molecule has 0 spiro atoms. The summed E-state index contributed by atoms with van der Waals surface area (Å²) < 4.78 is 5.55.